The maximum Gasteiger partial charge on any atom is 0.203 e. The summed E-state index contributed by atoms with van der Waals surface area (Å²) in [6.07, 6.45) is 2.07. The van der Waals surface area contributed by atoms with Gasteiger partial charge in [0.15, 0.2) is 0 Å². The van der Waals surface area contributed by atoms with Gasteiger partial charge in [-0.1, -0.05) is 11.6 Å². The molecule has 6 heteroatoms. The molecule has 1 aromatic carbocycles. The lowest BCUT2D eigenvalue weighted by atomic mass is 10.1. The summed E-state index contributed by atoms with van der Waals surface area (Å²) in [6.45, 7) is 6.32. The third-order valence-electron chi connectivity index (χ3n) is 3.81. The number of aromatic nitrogens is 2. The number of nitrogens with one attached hydrogen (secondary N) is 1. The third-order valence-corrected chi connectivity index (χ3v) is 4.22. The minimum Gasteiger partial charge on any atom is -0.342 e. The van der Waals surface area contributed by atoms with Crippen LogP contribution in [0.2, 0.25) is 5.02 Å². The van der Waals surface area contributed by atoms with Crippen LogP contribution in [0.25, 0.3) is 11.0 Å². The largest absolute Gasteiger partial charge is 0.342 e. The third kappa shape index (κ3) is 3.15. The first-order chi connectivity index (χ1) is 10.2. The Morgan fingerprint density at radius 3 is 2.86 bits per heavy atom. The molecule has 1 N–H and O–H groups in total. The Morgan fingerprint density at radius 2 is 2.14 bits per heavy atom. The number of nitrogens with zero attached hydrogens (tertiary/aromatic N) is 2. The second-order valence-corrected chi connectivity index (χ2v) is 5.78. The predicted molar refractivity (Wildman–Crippen MR) is 83.8 cm³/mol. The maximum absolute atomic E-state index is 6.16. The van der Waals surface area contributed by atoms with Crippen molar-refractivity contribution in [1.82, 2.24) is 9.97 Å². The smallest absolute Gasteiger partial charge is 0.203 e. The van der Waals surface area contributed by atoms with E-state index in [1.807, 2.05) is 26.0 Å². The standard InChI is InChI=1S/C15H20ClN3O2/c1-3-20-21-11-4-6-19(7-5-11)15-17-13-8-10(2)12(16)9-14(13)18-15/h8-9,11H,3-7H2,1-2H3,(H,17,18). The molecule has 1 aliphatic rings. The SMILES string of the molecule is CCOOC1CCN(c2nc3cc(C)c(Cl)cc3[nH]2)CC1. The molecule has 0 amide bonds. The summed E-state index contributed by atoms with van der Waals surface area (Å²) in [7, 11) is 0. The highest BCUT2D eigenvalue weighted by Crippen LogP contribution is 2.26. The summed E-state index contributed by atoms with van der Waals surface area (Å²) >= 11 is 6.16. The van der Waals surface area contributed by atoms with Crippen LogP contribution in [-0.4, -0.2) is 35.8 Å². The van der Waals surface area contributed by atoms with E-state index in [9.17, 15) is 0 Å². The van der Waals surface area contributed by atoms with Gasteiger partial charge in [-0.3, -0.25) is 0 Å². The molecule has 0 saturated carbocycles. The van der Waals surface area contributed by atoms with E-state index in [0.717, 1.165) is 53.5 Å². The van der Waals surface area contributed by atoms with Gasteiger partial charge in [0.1, 0.15) is 0 Å². The van der Waals surface area contributed by atoms with Crippen molar-refractivity contribution in [3.8, 4) is 0 Å². The van der Waals surface area contributed by atoms with Gasteiger partial charge in [0.25, 0.3) is 0 Å². The van der Waals surface area contributed by atoms with Gasteiger partial charge >= 0.3 is 0 Å². The molecule has 5 nitrogen and oxygen atoms in total. The summed E-state index contributed by atoms with van der Waals surface area (Å²) in [5.74, 6) is 0.904. The number of hydrogen-bond donors (Lipinski definition) is 1. The molecule has 1 aliphatic heterocycles. The number of hydrogen-bond acceptors (Lipinski definition) is 4. The van der Waals surface area contributed by atoms with Gasteiger partial charge in [-0.2, -0.15) is 0 Å². The van der Waals surface area contributed by atoms with E-state index in [4.69, 9.17) is 21.4 Å². The molecule has 0 unspecified atom stereocenters. The van der Waals surface area contributed by atoms with Crippen LogP contribution in [0.4, 0.5) is 5.95 Å². The molecule has 0 spiro atoms. The number of rotatable bonds is 4. The lowest BCUT2D eigenvalue weighted by molar-refractivity contribution is -0.323. The van der Waals surface area contributed by atoms with E-state index in [2.05, 4.69) is 14.9 Å². The van der Waals surface area contributed by atoms with Crippen molar-refractivity contribution in [2.45, 2.75) is 32.8 Å². The topological polar surface area (TPSA) is 50.4 Å². The fourth-order valence-corrected chi connectivity index (χ4v) is 2.76. The highest BCUT2D eigenvalue weighted by Gasteiger charge is 2.22. The molecule has 2 aromatic rings. The molecule has 0 bridgehead atoms. The average molecular weight is 310 g/mol. The van der Waals surface area contributed by atoms with Crippen molar-refractivity contribution >= 4 is 28.6 Å². The number of halogens is 1. The number of H-pyrrole nitrogens is 1. The molecule has 1 aromatic heterocycles. The Morgan fingerprint density at radius 1 is 1.38 bits per heavy atom. The number of aromatic amines is 1. The van der Waals surface area contributed by atoms with Crippen LogP contribution < -0.4 is 4.90 Å². The first kappa shape index (κ1) is 14.6. The number of aryl methyl sites for hydroxylation is 1. The van der Waals surface area contributed by atoms with Crippen molar-refractivity contribution in [3.63, 3.8) is 0 Å². The first-order valence-corrected chi connectivity index (χ1v) is 7.74. The summed E-state index contributed by atoms with van der Waals surface area (Å²) in [5, 5.41) is 0.765. The van der Waals surface area contributed by atoms with Crippen molar-refractivity contribution in [2.75, 3.05) is 24.6 Å². The second kappa shape index (κ2) is 6.22. The molecular weight excluding hydrogens is 290 g/mol. The number of anilines is 1. The molecule has 2 heterocycles. The molecule has 21 heavy (non-hydrogen) atoms. The molecule has 3 rings (SSSR count). The van der Waals surface area contributed by atoms with Gasteiger partial charge in [0.05, 0.1) is 23.7 Å². The molecular formula is C15H20ClN3O2. The zero-order valence-electron chi connectivity index (χ0n) is 12.4. The fraction of sp³-hybridized carbons (Fsp3) is 0.533. The van der Waals surface area contributed by atoms with Crippen molar-refractivity contribution in [2.24, 2.45) is 0 Å². The number of piperidine rings is 1. The van der Waals surface area contributed by atoms with E-state index < -0.39 is 0 Å². The minimum atomic E-state index is 0.183. The number of benzene rings is 1. The average Bonchev–Trinajstić information content (AvgIpc) is 2.89. The molecule has 0 atom stereocenters. The zero-order chi connectivity index (χ0) is 14.8. The summed E-state index contributed by atoms with van der Waals surface area (Å²) in [4.78, 5) is 20.6. The molecule has 0 aliphatic carbocycles. The van der Waals surface area contributed by atoms with Crippen LogP contribution in [0.1, 0.15) is 25.3 Å². The quantitative estimate of drug-likeness (QED) is 0.694. The highest BCUT2D eigenvalue weighted by molar-refractivity contribution is 6.32. The Kier molecular flexibility index (Phi) is 4.33. The van der Waals surface area contributed by atoms with Crippen LogP contribution in [0.5, 0.6) is 0 Å². The van der Waals surface area contributed by atoms with E-state index in [1.54, 1.807) is 0 Å². The Bertz CT molecular complexity index is 582. The lowest BCUT2D eigenvalue weighted by Gasteiger charge is -2.30. The van der Waals surface area contributed by atoms with Crippen molar-refractivity contribution < 1.29 is 9.78 Å². The van der Waals surface area contributed by atoms with Gasteiger partial charge in [0.2, 0.25) is 5.95 Å². The van der Waals surface area contributed by atoms with Crippen molar-refractivity contribution in [1.29, 1.82) is 0 Å². The molecule has 1 saturated heterocycles. The highest BCUT2D eigenvalue weighted by atomic mass is 35.5. The Labute approximate surface area is 129 Å². The molecule has 0 radical (unpaired) electrons. The summed E-state index contributed by atoms with van der Waals surface area (Å²) < 4.78 is 0. The molecule has 114 valence electrons. The van der Waals surface area contributed by atoms with E-state index >= 15 is 0 Å². The van der Waals surface area contributed by atoms with Crippen LogP contribution in [-0.2, 0) is 9.78 Å². The number of imidazole rings is 1. The number of fused-ring (bicyclic) bond motifs is 1. The normalized spacial score (nSPS) is 16.8. The van der Waals surface area contributed by atoms with E-state index in [0.29, 0.717) is 6.61 Å². The van der Waals surface area contributed by atoms with Gasteiger partial charge in [-0.25, -0.2) is 14.8 Å². The van der Waals surface area contributed by atoms with Gasteiger partial charge < -0.3 is 9.88 Å². The summed E-state index contributed by atoms with van der Waals surface area (Å²) in [5.41, 5.74) is 2.99. The predicted octanol–water partition coefficient (Wildman–Crippen LogP) is 3.46. The monoisotopic (exact) mass is 309 g/mol. The van der Waals surface area contributed by atoms with Crippen molar-refractivity contribution in [3.05, 3.63) is 22.7 Å². The Balaban J connectivity index is 1.70. The van der Waals surface area contributed by atoms with Crippen LogP contribution in [0.3, 0.4) is 0 Å². The lowest BCUT2D eigenvalue weighted by Crippen LogP contribution is -2.37. The molecule has 1 fully saturated rings. The van der Waals surface area contributed by atoms with E-state index in [1.165, 1.54) is 0 Å². The Hall–Kier alpha value is -1.30. The van der Waals surface area contributed by atoms with Crippen LogP contribution in [0.15, 0.2) is 12.1 Å². The van der Waals surface area contributed by atoms with Crippen LogP contribution in [0, 0.1) is 6.92 Å². The van der Waals surface area contributed by atoms with Gasteiger partial charge in [-0.15, -0.1) is 0 Å². The van der Waals surface area contributed by atoms with Gasteiger partial charge in [0, 0.05) is 18.1 Å². The van der Waals surface area contributed by atoms with Gasteiger partial charge in [-0.05, 0) is 44.4 Å². The first-order valence-electron chi connectivity index (χ1n) is 7.36. The van der Waals surface area contributed by atoms with E-state index in [-0.39, 0.29) is 6.10 Å². The minimum absolute atomic E-state index is 0.183. The van der Waals surface area contributed by atoms with Crippen LogP contribution >= 0.6 is 11.6 Å². The maximum atomic E-state index is 6.16. The summed E-state index contributed by atoms with van der Waals surface area (Å²) in [6, 6.07) is 3.95. The zero-order valence-corrected chi connectivity index (χ0v) is 13.1. The fourth-order valence-electron chi connectivity index (χ4n) is 2.60. The second-order valence-electron chi connectivity index (χ2n) is 5.37.